The van der Waals surface area contributed by atoms with Crippen molar-refractivity contribution in [1.82, 2.24) is 5.43 Å². The molecule has 194 valence electrons. The Kier molecular flexibility index (Phi) is 8.24. The molecule has 0 aromatic heterocycles. The maximum absolute atomic E-state index is 12.6. The number of hydrazone groups is 1. The standard InChI is InChI=1S/C31H30BrN3O3/c1-2-37-29-19-22(20-33-34-31(36)24-12-14-26(15-13-24)35-16-5-6-17-35)18-28(32)30(29)38-21-25-10-7-9-23-8-3-4-11-27(23)25/h3-4,7-15,18-20H,2,5-6,16-17,21H2,1H3,(H,34,36)/b33-20-. The third-order valence-electron chi connectivity index (χ3n) is 6.56. The lowest BCUT2D eigenvalue weighted by molar-refractivity contribution is 0.0955. The van der Waals surface area contributed by atoms with E-state index in [1.807, 2.05) is 61.5 Å². The predicted molar refractivity (Wildman–Crippen MR) is 157 cm³/mol. The zero-order valence-corrected chi connectivity index (χ0v) is 22.9. The highest BCUT2D eigenvalue weighted by atomic mass is 79.9. The Balaban J connectivity index is 1.26. The van der Waals surface area contributed by atoms with Gasteiger partial charge in [0.15, 0.2) is 11.5 Å². The van der Waals surface area contributed by atoms with Crippen molar-refractivity contribution >= 4 is 44.5 Å². The molecule has 38 heavy (non-hydrogen) atoms. The van der Waals surface area contributed by atoms with E-state index in [1.54, 1.807) is 6.21 Å². The average molecular weight is 573 g/mol. The fourth-order valence-corrected chi connectivity index (χ4v) is 5.24. The molecule has 4 aromatic rings. The van der Waals surface area contributed by atoms with Gasteiger partial charge in [-0.1, -0.05) is 42.5 Å². The summed E-state index contributed by atoms with van der Waals surface area (Å²) in [6, 6.07) is 25.9. The Morgan fingerprint density at radius 1 is 1.00 bits per heavy atom. The number of amides is 1. The van der Waals surface area contributed by atoms with E-state index >= 15 is 0 Å². The Hall–Kier alpha value is -3.84. The lowest BCUT2D eigenvalue weighted by atomic mass is 10.1. The Morgan fingerprint density at radius 2 is 1.76 bits per heavy atom. The number of hydrogen-bond acceptors (Lipinski definition) is 5. The molecule has 1 saturated heterocycles. The van der Waals surface area contributed by atoms with Crippen LogP contribution >= 0.6 is 15.9 Å². The Labute approximate surface area is 231 Å². The first-order valence-corrected chi connectivity index (χ1v) is 13.7. The van der Waals surface area contributed by atoms with Crippen LogP contribution in [0.25, 0.3) is 10.8 Å². The van der Waals surface area contributed by atoms with Gasteiger partial charge in [0.05, 0.1) is 17.3 Å². The van der Waals surface area contributed by atoms with Crippen molar-refractivity contribution in [2.24, 2.45) is 5.10 Å². The van der Waals surface area contributed by atoms with Gasteiger partial charge in [0.2, 0.25) is 0 Å². The van der Waals surface area contributed by atoms with Gasteiger partial charge in [-0.2, -0.15) is 5.10 Å². The minimum Gasteiger partial charge on any atom is -0.490 e. The van der Waals surface area contributed by atoms with Crippen molar-refractivity contribution in [3.8, 4) is 11.5 Å². The molecule has 7 heteroatoms. The second-order valence-electron chi connectivity index (χ2n) is 9.13. The van der Waals surface area contributed by atoms with E-state index in [1.165, 1.54) is 18.2 Å². The predicted octanol–water partition coefficient (Wildman–Crippen LogP) is 6.94. The Bertz CT molecular complexity index is 1440. The molecule has 1 amide bonds. The molecular formula is C31H30BrN3O3. The van der Waals surface area contributed by atoms with Crippen LogP contribution in [0.4, 0.5) is 5.69 Å². The average Bonchev–Trinajstić information content (AvgIpc) is 3.48. The van der Waals surface area contributed by atoms with Gasteiger partial charge in [0.25, 0.3) is 5.91 Å². The molecule has 5 rings (SSSR count). The number of carbonyl (C=O) groups excluding carboxylic acids is 1. The van der Waals surface area contributed by atoms with Gasteiger partial charge in [-0.25, -0.2) is 5.43 Å². The van der Waals surface area contributed by atoms with Crippen molar-refractivity contribution in [1.29, 1.82) is 0 Å². The van der Waals surface area contributed by atoms with E-state index in [4.69, 9.17) is 9.47 Å². The minimum absolute atomic E-state index is 0.256. The zero-order chi connectivity index (χ0) is 26.3. The van der Waals surface area contributed by atoms with Crippen molar-refractivity contribution in [2.75, 3.05) is 24.6 Å². The molecule has 0 saturated carbocycles. The number of carbonyl (C=O) groups is 1. The largest absolute Gasteiger partial charge is 0.490 e. The number of benzene rings is 4. The normalized spacial score (nSPS) is 13.3. The van der Waals surface area contributed by atoms with Crippen LogP contribution in [0.3, 0.4) is 0 Å². The molecule has 0 radical (unpaired) electrons. The summed E-state index contributed by atoms with van der Waals surface area (Å²) >= 11 is 3.63. The first-order chi connectivity index (χ1) is 18.6. The van der Waals surface area contributed by atoms with E-state index in [2.05, 4.69) is 55.6 Å². The highest BCUT2D eigenvalue weighted by molar-refractivity contribution is 9.10. The van der Waals surface area contributed by atoms with Crippen molar-refractivity contribution in [3.63, 3.8) is 0 Å². The molecule has 4 aromatic carbocycles. The number of ether oxygens (including phenoxy) is 2. The smallest absolute Gasteiger partial charge is 0.271 e. The quantitative estimate of drug-likeness (QED) is 0.174. The lowest BCUT2D eigenvalue weighted by Gasteiger charge is -2.17. The van der Waals surface area contributed by atoms with Crippen LogP contribution < -0.4 is 19.8 Å². The van der Waals surface area contributed by atoms with Gasteiger partial charge in [0, 0.05) is 24.3 Å². The lowest BCUT2D eigenvalue weighted by Crippen LogP contribution is -2.19. The van der Waals surface area contributed by atoms with Gasteiger partial charge >= 0.3 is 0 Å². The van der Waals surface area contributed by atoms with Crippen molar-refractivity contribution in [2.45, 2.75) is 26.4 Å². The second-order valence-corrected chi connectivity index (χ2v) is 9.98. The number of rotatable bonds is 9. The molecule has 1 aliphatic heterocycles. The SMILES string of the molecule is CCOc1cc(/C=N\NC(=O)c2ccc(N3CCCC3)cc2)cc(Br)c1OCc1cccc2ccccc12. The summed E-state index contributed by atoms with van der Waals surface area (Å²) in [7, 11) is 0. The summed E-state index contributed by atoms with van der Waals surface area (Å²) in [5, 5.41) is 6.50. The summed E-state index contributed by atoms with van der Waals surface area (Å²) in [5.41, 5.74) is 6.20. The van der Waals surface area contributed by atoms with E-state index in [-0.39, 0.29) is 5.91 Å². The number of hydrogen-bond donors (Lipinski definition) is 1. The molecule has 0 spiro atoms. The van der Waals surface area contributed by atoms with Gasteiger partial charge in [-0.3, -0.25) is 4.79 Å². The van der Waals surface area contributed by atoms with Gasteiger partial charge in [-0.05, 0) is 94.0 Å². The number of halogens is 1. The summed E-state index contributed by atoms with van der Waals surface area (Å²) in [6.07, 6.45) is 4.03. The summed E-state index contributed by atoms with van der Waals surface area (Å²) < 4.78 is 12.8. The Morgan fingerprint density at radius 3 is 2.55 bits per heavy atom. The van der Waals surface area contributed by atoms with E-state index in [9.17, 15) is 4.79 Å². The van der Waals surface area contributed by atoms with Crippen molar-refractivity contribution in [3.05, 3.63) is 100 Å². The number of nitrogens with one attached hydrogen (secondary N) is 1. The van der Waals surface area contributed by atoms with E-state index in [0.717, 1.165) is 39.8 Å². The van der Waals surface area contributed by atoms with Crippen LogP contribution in [0.15, 0.2) is 88.4 Å². The number of fused-ring (bicyclic) bond motifs is 1. The van der Waals surface area contributed by atoms with Gasteiger partial charge in [-0.15, -0.1) is 0 Å². The molecule has 6 nitrogen and oxygen atoms in total. The molecule has 0 atom stereocenters. The van der Waals surface area contributed by atoms with Crippen LogP contribution in [0, 0.1) is 0 Å². The highest BCUT2D eigenvalue weighted by Crippen LogP contribution is 2.37. The fourth-order valence-electron chi connectivity index (χ4n) is 4.66. The monoisotopic (exact) mass is 571 g/mol. The van der Waals surface area contributed by atoms with E-state index in [0.29, 0.717) is 30.3 Å². The molecule has 1 N–H and O–H groups in total. The molecule has 0 unspecified atom stereocenters. The highest BCUT2D eigenvalue weighted by Gasteiger charge is 2.14. The van der Waals surface area contributed by atoms with Crippen LogP contribution in [0.2, 0.25) is 0 Å². The minimum atomic E-state index is -0.256. The van der Waals surface area contributed by atoms with Gasteiger partial charge in [0.1, 0.15) is 6.61 Å². The van der Waals surface area contributed by atoms with Crippen molar-refractivity contribution < 1.29 is 14.3 Å². The topological polar surface area (TPSA) is 63.2 Å². The third kappa shape index (κ3) is 6.00. The second kappa shape index (κ2) is 12.1. The first-order valence-electron chi connectivity index (χ1n) is 12.9. The maximum atomic E-state index is 12.6. The first kappa shape index (κ1) is 25.8. The van der Waals surface area contributed by atoms with Gasteiger partial charge < -0.3 is 14.4 Å². The molecule has 0 bridgehead atoms. The molecule has 1 aliphatic rings. The molecule has 0 aliphatic carbocycles. The fraction of sp³-hybridized carbons (Fsp3) is 0.226. The van der Waals surface area contributed by atoms with E-state index < -0.39 is 0 Å². The molecule has 1 fully saturated rings. The van der Waals surface area contributed by atoms with Crippen LogP contribution in [-0.4, -0.2) is 31.8 Å². The van der Waals surface area contributed by atoms with Crippen LogP contribution in [-0.2, 0) is 6.61 Å². The van der Waals surface area contributed by atoms with Crippen LogP contribution in [0.5, 0.6) is 11.5 Å². The number of nitrogens with zero attached hydrogens (tertiary/aromatic N) is 2. The number of anilines is 1. The summed E-state index contributed by atoms with van der Waals surface area (Å²) in [6.45, 7) is 4.96. The third-order valence-corrected chi connectivity index (χ3v) is 7.15. The summed E-state index contributed by atoms with van der Waals surface area (Å²) in [5.74, 6) is 0.972. The zero-order valence-electron chi connectivity index (χ0n) is 21.3. The van der Waals surface area contributed by atoms with Crippen LogP contribution in [0.1, 0.15) is 41.3 Å². The maximum Gasteiger partial charge on any atom is 0.271 e. The summed E-state index contributed by atoms with van der Waals surface area (Å²) in [4.78, 5) is 14.9. The molecular weight excluding hydrogens is 542 g/mol. The molecule has 1 heterocycles.